The summed E-state index contributed by atoms with van der Waals surface area (Å²) < 4.78 is 5.42. The molecule has 0 spiro atoms. The molecule has 1 aromatic carbocycles. The first-order valence-electron chi connectivity index (χ1n) is 8.31. The third-order valence-corrected chi connectivity index (χ3v) is 5.28. The molecule has 2 aromatic rings. The maximum atomic E-state index is 5.42. The molecule has 1 saturated heterocycles. The SMILES string of the molecule is Cc1sc(CN2CCOCC2)nc1-c1ccc(C(C)(C)C)cc1. The Bertz CT molecular complexity index is 649. The quantitative estimate of drug-likeness (QED) is 0.841. The third-order valence-electron chi connectivity index (χ3n) is 4.33. The van der Waals surface area contributed by atoms with Gasteiger partial charge in [-0.1, -0.05) is 45.0 Å². The first kappa shape index (κ1) is 16.6. The van der Waals surface area contributed by atoms with Gasteiger partial charge in [0.2, 0.25) is 0 Å². The molecule has 1 aromatic heterocycles. The maximum absolute atomic E-state index is 5.42. The molecular weight excluding hydrogens is 304 g/mol. The molecule has 0 unspecified atom stereocenters. The summed E-state index contributed by atoms with van der Waals surface area (Å²) in [4.78, 5) is 8.63. The van der Waals surface area contributed by atoms with Crippen molar-refractivity contribution in [2.45, 2.75) is 39.7 Å². The van der Waals surface area contributed by atoms with Crippen LogP contribution in [0.1, 0.15) is 36.2 Å². The molecule has 1 fully saturated rings. The zero-order chi connectivity index (χ0) is 16.4. The van der Waals surface area contributed by atoms with Crippen LogP contribution in [-0.2, 0) is 16.7 Å². The predicted molar refractivity (Wildman–Crippen MR) is 97.1 cm³/mol. The number of morpholine rings is 1. The molecule has 3 nitrogen and oxygen atoms in total. The van der Waals surface area contributed by atoms with Crippen molar-refractivity contribution >= 4 is 11.3 Å². The van der Waals surface area contributed by atoms with Crippen molar-refractivity contribution in [3.05, 3.63) is 39.7 Å². The van der Waals surface area contributed by atoms with Crippen LogP contribution in [0.25, 0.3) is 11.3 Å². The summed E-state index contributed by atoms with van der Waals surface area (Å²) in [7, 11) is 0. The van der Waals surface area contributed by atoms with E-state index in [1.807, 2.05) is 11.3 Å². The molecule has 0 N–H and O–H groups in total. The van der Waals surface area contributed by atoms with Gasteiger partial charge >= 0.3 is 0 Å². The summed E-state index contributed by atoms with van der Waals surface area (Å²) in [5, 5.41) is 1.21. The van der Waals surface area contributed by atoms with Crippen LogP contribution in [0.5, 0.6) is 0 Å². The van der Waals surface area contributed by atoms with Crippen LogP contribution in [0.2, 0.25) is 0 Å². The van der Waals surface area contributed by atoms with Crippen LogP contribution < -0.4 is 0 Å². The third kappa shape index (κ3) is 4.00. The second-order valence-corrected chi connectivity index (χ2v) is 8.52. The second kappa shape index (κ2) is 6.71. The lowest BCUT2D eigenvalue weighted by molar-refractivity contribution is 0.0342. The van der Waals surface area contributed by atoms with Gasteiger partial charge < -0.3 is 4.74 Å². The number of nitrogens with zero attached hydrogens (tertiary/aromatic N) is 2. The monoisotopic (exact) mass is 330 g/mol. The van der Waals surface area contributed by atoms with Gasteiger partial charge in [0.25, 0.3) is 0 Å². The number of aryl methyl sites for hydroxylation is 1. The molecule has 0 saturated carbocycles. The van der Waals surface area contributed by atoms with Crippen molar-refractivity contribution in [2.24, 2.45) is 0 Å². The van der Waals surface area contributed by atoms with Gasteiger partial charge in [-0.25, -0.2) is 4.98 Å². The smallest absolute Gasteiger partial charge is 0.108 e. The van der Waals surface area contributed by atoms with Gasteiger partial charge in [0.1, 0.15) is 5.01 Å². The lowest BCUT2D eigenvalue weighted by atomic mass is 9.86. The molecular formula is C19H26N2OS. The lowest BCUT2D eigenvalue weighted by Crippen LogP contribution is -2.35. The van der Waals surface area contributed by atoms with Crippen LogP contribution in [0.3, 0.4) is 0 Å². The van der Waals surface area contributed by atoms with Gasteiger partial charge in [-0.2, -0.15) is 0 Å². The Labute approximate surface area is 143 Å². The lowest BCUT2D eigenvalue weighted by Gasteiger charge is -2.25. The molecule has 0 amide bonds. The molecule has 4 heteroatoms. The van der Waals surface area contributed by atoms with Crippen molar-refractivity contribution in [1.82, 2.24) is 9.88 Å². The molecule has 3 rings (SSSR count). The summed E-state index contributed by atoms with van der Waals surface area (Å²) in [5.41, 5.74) is 3.92. The zero-order valence-corrected chi connectivity index (χ0v) is 15.4. The minimum absolute atomic E-state index is 0.192. The van der Waals surface area contributed by atoms with E-state index < -0.39 is 0 Å². The van der Waals surface area contributed by atoms with E-state index in [-0.39, 0.29) is 5.41 Å². The number of hydrogen-bond donors (Lipinski definition) is 0. The van der Waals surface area contributed by atoms with Crippen LogP contribution in [-0.4, -0.2) is 36.2 Å². The fourth-order valence-electron chi connectivity index (χ4n) is 2.87. The summed E-state index contributed by atoms with van der Waals surface area (Å²) in [6.07, 6.45) is 0. The van der Waals surface area contributed by atoms with E-state index >= 15 is 0 Å². The number of hydrogen-bond acceptors (Lipinski definition) is 4. The Morgan fingerprint density at radius 1 is 1.13 bits per heavy atom. The summed E-state index contributed by atoms with van der Waals surface area (Å²) in [6.45, 7) is 13.5. The highest BCUT2D eigenvalue weighted by molar-refractivity contribution is 7.12. The molecule has 0 bridgehead atoms. The molecule has 23 heavy (non-hydrogen) atoms. The first-order valence-corrected chi connectivity index (χ1v) is 9.12. The Morgan fingerprint density at radius 3 is 2.39 bits per heavy atom. The van der Waals surface area contributed by atoms with E-state index in [2.05, 4.69) is 56.9 Å². The van der Waals surface area contributed by atoms with Gasteiger partial charge in [0, 0.05) is 23.5 Å². The molecule has 1 aliphatic rings. The van der Waals surface area contributed by atoms with Crippen molar-refractivity contribution in [3.63, 3.8) is 0 Å². The van der Waals surface area contributed by atoms with E-state index in [1.165, 1.54) is 21.0 Å². The molecule has 124 valence electrons. The van der Waals surface area contributed by atoms with Gasteiger partial charge in [0.15, 0.2) is 0 Å². The van der Waals surface area contributed by atoms with Crippen LogP contribution in [0.4, 0.5) is 0 Å². The highest BCUT2D eigenvalue weighted by atomic mass is 32.1. The van der Waals surface area contributed by atoms with Gasteiger partial charge in [-0.3, -0.25) is 4.90 Å². The van der Waals surface area contributed by atoms with Gasteiger partial charge in [0.05, 0.1) is 25.5 Å². The number of rotatable bonds is 3. The molecule has 2 heterocycles. The van der Waals surface area contributed by atoms with E-state index in [4.69, 9.17) is 9.72 Å². The van der Waals surface area contributed by atoms with E-state index in [1.54, 1.807) is 0 Å². The number of ether oxygens (including phenoxy) is 1. The molecule has 0 aliphatic carbocycles. The van der Waals surface area contributed by atoms with Crippen molar-refractivity contribution < 1.29 is 4.74 Å². The number of thiazole rings is 1. The van der Waals surface area contributed by atoms with Crippen LogP contribution in [0.15, 0.2) is 24.3 Å². The minimum atomic E-state index is 0.192. The fraction of sp³-hybridized carbons (Fsp3) is 0.526. The van der Waals surface area contributed by atoms with E-state index in [0.717, 1.165) is 38.5 Å². The Balaban J connectivity index is 1.77. The molecule has 1 aliphatic heterocycles. The fourth-order valence-corrected chi connectivity index (χ4v) is 3.86. The topological polar surface area (TPSA) is 25.4 Å². The summed E-state index contributed by atoms with van der Waals surface area (Å²) in [5.74, 6) is 0. The highest BCUT2D eigenvalue weighted by Crippen LogP contribution is 2.30. The van der Waals surface area contributed by atoms with E-state index in [9.17, 15) is 0 Å². The largest absolute Gasteiger partial charge is 0.379 e. The van der Waals surface area contributed by atoms with Crippen LogP contribution in [0, 0.1) is 6.92 Å². The minimum Gasteiger partial charge on any atom is -0.379 e. The summed E-state index contributed by atoms with van der Waals surface area (Å²) >= 11 is 1.82. The molecule has 0 radical (unpaired) electrons. The second-order valence-electron chi connectivity index (χ2n) is 7.23. The highest BCUT2D eigenvalue weighted by Gasteiger charge is 2.17. The normalized spacial score (nSPS) is 16.7. The standard InChI is InChI=1S/C19H26N2OS/c1-14-18(15-5-7-16(8-6-15)19(2,3)4)20-17(23-14)13-21-9-11-22-12-10-21/h5-8H,9-13H2,1-4H3. The summed E-state index contributed by atoms with van der Waals surface area (Å²) in [6, 6.07) is 8.88. The van der Waals surface area contributed by atoms with Crippen LogP contribution >= 0.6 is 11.3 Å². The van der Waals surface area contributed by atoms with Crippen molar-refractivity contribution in [1.29, 1.82) is 0 Å². The number of benzene rings is 1. The average molecular weight is 330 g/mol. The first-order chi connectivity index (χ1) is 10.9. The average Bonchev–Trinajstić information content (AvgIpc) is 2.88. The Morgan fingerprint density at radius 2 is 1.78 bits per heavy atom. The van der Waals surface area contributed by atoms with Crippen molar-refractivity contribution in [3.8, 4) is 11.3 Å². The van der Waals surface area contributed by atoms with E-state index in [0.29, 0.717) is 0 Å². The Kier molecular flexibility index (Phi) is 4.85. The van der Waals surface area contributed by atoms with Gasteiger partial charge in [-0.05, 0) is 17.9 Å². The number of aromatic nitrogens is 1. The molecule has 0 atom stereocenters. The maximum Gasteiger partial charge on any atom is 0.108 e. The van der Waals surface area contributed by atoms with Gasteiger partial charge in [-0.15, -0.1) is 11.3 Å². The zero-order valence-electron chi connectivity index (χ0n) is 14.6. The predicted octanol–water partition coefficient (Wildman–Crippen LogP) is 4.25. The van der Waals surface area contributed by atoms with Crippen molar-refractivity contribution in [2.75, 3.05) is 26.3 Å². The Hall–Kier alpha value is -1.23.